The van der Waals surface area contributed by atoms with E-state index in [1.165, 1.54) is 35.6 Å². The molecule has 180 valence electrons. The Morgan fingerprint density at radius 1 is 0.714 bits per heavy atom. The Balaban J connectivity index is 1.82. The molecule has 4 rings (SSSR count). The fraction of sp³-hybridized carbons (Fsp3) is 0.111. The number of methoxy groups -OCH3 is 1. The van der Waals surface area contributed by atoms with E-state index in [2.05, 4.69) is 0 Å². The summed E-state index contributed by atoms with van der Waals surface area (Å²) in [4.78, 5) is 1.58. The fourth-order valence-electron chi connectivity index (χ4n) is 3.54. The molecule has 0 aliphatic rings. The predicted octanol–water partition coefficient (Wildman–Crippen LogP) is 9.05. The molecule has 8 heteroatoms. The quantitative estimate of drug-likeness (QED) is 0.246. The van der Waals surface area contributed by atoms with Gasteiger partial charge in [-0.25, -0.2) is 0 Å². The third-order valence-electron chi connectivity index (χ3n) is 5.29. The van der Waals surface area contributed by atoms with E-state index in [-0.39, 0.29) is 16.7 Å². The Bertz CT molecular complexity index is 1290. The van der Waals surface area contributed by atoms with E-state index in [0.717, 1.165) is 34.7 Å². The van der Waals surface area contributed by atoms with Gasteiger partial charge in [0, 0.05) is 9.75 Å². The fourth-order valence-corrected chi connectivity index (χ4v) is 4.50. The van der Waals surface area contributed by atoms with E-state index in [1.807, 2.05) is 18.2 Å². The minimum absolute atomic E-state index is 0.165. The largest absolute Gasteiger partial charge is 0.497 e. The van der Waals surface area contributed by atoms with Crippen LogP contribution in [0.2, 0.25) is 0 Å². The van der Waals surface area contributed by atoms with Gasteiger partial charge in [0.05, 0.1) is 18.2 Å². The number of halogens is 6. The monoisotopic (exact) mass is 504 g/mol. The lowest BCUT2D eigenvalue weighted by molar-refractivity contribution is -0.138. The van der Waals surface area contributed by atoms with Crippen LogP contribution in [0.25, 0.3) is 22.1 Å². The zero-order valence-corrected chi connectivity index (χ0v) is 19.1. The van der Waals surface area contributed by atoms with Crippen LogP contribution in [0.3, 0.4) is 0 Å². The van der Waals surface area contributed by atoms with Gasteiger partial charge in [-0.05, 0) is 89.0 Å². The summed E-state index contributed by atoms with van der Waals surface area (Å²) >= 11 is 1.37. The van der Waals surface area contributed by atoms with Crippen LogP contribution in [0.15, 0.2) is 84.9 Å². The average molecular weight is 504 g/mol. The number of benzene rings is 3. The van der Waals surface area contributed by atoms with E-state index < -0.39 is 23.5 Å². The predicted molar refractivity (Wildman–Crippen MR) is 126 cm³/mol. The topological polar surface area (TPSA) is 9.23 Å². The molecule has 0 aliphatic carbocycles. The zero-order chi connectivity index (χ0) is 25.2. The standard InChI is InChI=1S/C27H18F6OS/c1-34-22-10-8-17(9-11-22)25-13-12-23(35-25)16-24(18-4-2-6-20(14-18)26(28,29)30)19-5-3-7-21(15-19)27(31,32)33/h2-16H,1H3. The van der Waals surface area contributed by atoms with Crippen molar-refractivity contribution in [3.63, 3.8) is 0 Å². The van der Waals surface area contributed by atoms with E-state index in [4.69, 9.17) is 4.74 Å². The average Bonchev–Trinajstić information content (AvgIpc) is 3.30. The Morgan fingerprint density at radius 2 is 1.26 bits per heavy atom. The SMILES string of the molecule is COc1ccc(-c2ccc(C=C(c3cccc(C(F)(F)F)c3)c3cccc(C(F)(F)F)c3)s2)cc1. The Labute approximate surface area is 201 Å². The van der Waals surface area contributed by atoms with Crippen molar-refractivity contribution in [1.82, 2.24) is 0 Å². The van der Waals surface area contributed by atoms with Gasteiger partial charge in [-0.2, -0.15) is 26.3 Å². The molecule has 3 aromatic carbocycles. The van der Waals surface area contributed by atoms with E-state index >= 15 is 0 Å². The number of thiophene rings is 1. The van der Waals surface area contributed by atoms with Crippen LogP contribution < -0.4 is 4.74 Å². The van der Waals surface area contributed by atoms with Gasteiger partial charge in [-0.3, -0.25) is 0 Å². The van der Waals surface area contributed by atoms with Crippen LogP contribution >= 0.6 is 11.3 Å². The Kier molecular flexibility index (Phi) is 6.76. The van der Waals surface area contributed by atoms with Crippen molar-refractivity contribution < 1.29 is 31.1 Å². The van der Waals surface area contributed by atoms with Crippen molar-refractivity contribution in [2.75, 3.05) is 7.11 Å². The summed E-state index contributed by atoms with van der Waals surface area (Å²) in [7, 11) is 1.56. The summed E-state index contributed by atoms with van der Waals surface area (Å²) in [6.07, 6.45) is -7.55. The molecule has 4 aromatic rings. The van der Waals surface area contributed by atoms with E-state index in [0.29, 0.717) is 10.6 Å². The molecular formula is C27H18F6OS. The molecule has 0 saturated carbocycles. The second-order valence-electron chi connectivity index (χ2n) is 7.65. The molecule has 0 fully saturated rings. The maximum atomic E-state index is 13.4. The van der Waals surface area contributed by atoms with Crippen molar-refractivity contribution in [1.29, 1.82) is 0 Å². The van der Waals surface area contributed by atoms with Gasteiger partial charge >= 0.3 is 12.4 Å². The highest BCUT2D eigenvalue weighted by Crippen LogP contribution is 2.37. The molecule has 0 N–H and O–H groups in total. The summed E-state index contributed by atoms with van der Waals surface area (Å²) < 4.78 is 85.3. The van der Waals surface area contributed by atoms with Crippen LogP contribution in [0.1, 0.15) is 27.1 Å². The number of hydrogen-bond donors (Lipinski definition) is 0. The van der Waals surface area contributed by atoms with Crippen LogP contribution in [0.4, 0.5) is 26.3 Å². The maximum Gasteiger partial charge on any atom is 0.416 e. The summed E-state index contributed by atoms with van der Waals surface area (Å²) in [5.41, 5.74) is -0.256. The van der Waals surface area contributed by atoms with Gasteiger partial charge in [-0.1, -0.05) is 24.3 Å². The second-order valence-corrected chi connectivity index (χ2v) is 8.76. The van der Waals surface area contributed by atoms with Crippen LogP contribution in [-0.2, 0) is 12.4 Å². The van der Waals surface area contributed by atoms with Gasteiger partial charge in [0.25, 0.3) is 0 Å². The summed E-state index contributed by atoms with van der Waals surface area (Å²) in [6.45, 7) is 0. The molecule has 1 aromatic heterocycles. The lowest BCUT2D eigenvalue weighted by Gasteiger charge is -2.14. The smallest absolute Gasteiger partial charge is 0.416 e. The summed E-state index contributed by atoms with van der Waals surface area (Å²) in [5, 5.41) is 0. The highest BCUT2D eigenvalue weighted by atomic mass is 32.1. The van der Waals surface area contributed by atoms with Gasteiger partial charge in [0.1, 0.15) is 5.75 Å². The molecule has 0 bridgehead atoms. The van der Waals surface area contributed by atoms with Crippen LogP contribution in [0, 0.1) is 0 Å². The maximum absolute atomic E-state index is 13.4. The number of hydrogen-bond acceptors (Lipinski definition) is 2. The number of ether oxygens (including phenoxy) is 1. The summed E-state index contributed by atoms with van der Waals surface area (Å²) in [6, 6.07) is 20.2. The third kappa shape index (κ3) is 5.77. The van der Waals surface area contributed by atoms with Crippen molar-refractivity contribution in [3.8, 4) is 16.2 Å². The third-order valence-corrected chi connectivity index (χ3v) is 6.37. The van der Waals surface area contributed by atoms with Crippen LogP contribution in [-0.4, -0.2) is 7.11 Å². The molecule has 1 heterocycles. The van der Waals surface area contributed by atoms with Gasteiger partial charge < -0.3 is 4.74 Å². The molecule has 0 amide bonds. The van der Waals surface area contributed by atoms with Gasteiger partial charge in [0.15, 0.2) is 0 Å². The molecule has 0 atom stereocenters. The molecular weight excluding hydrogens is 486 g/mol. The number of alkyl halides is 6. The summed E-state index contributed by atoms with van der Waals surface area (Å²) in [5.74, 6) is 0.696. The first-order chi connectivity index (χ1) is 16.5. The van der Waals surface area contributed by atoms with Gasteiger partial charge in [-0.15, -0.1) is 11.3 Å². The van der Waals surface area contributed by atoms with Crippen molar-refractivity contribution in [2.24, 2.45) is 0 Å². The molecule has 0 spiro atoms. The Hall–Kier alpha value is -3.52. The molecule has 0 unspecified atom stereocenters. The van der Waals surface area contributed by atoms with Crippen molar-refractivity contribution in [2.45, 2.75) is 12.4 Å². The van der Waals surface area contributed by atoms with E-state index in [1.54, 1.807) is 31.4 Å². The lowest BCUT2D eigenvalue weighted by Crippen LogP contribution is -2.06. The minimum Gasteiger partial charge on any atom is -0.497 e. The van der Waals surface area contributed by atoms with E-state index in [9.17, 15) is 26.3 Å². The zero-order valence-electron chi connectivity index (χ0n) is 18.2. The molecule has 0 saturated heterocycles. The second kappa shape index (κ2) is 9.62. The molecule has 35 heavy (non-hydrogen) atoms. The lowest BCUT2D eigenvalue weighted by atomic mass is 9.94. The number of rotatable bonds is 5. The van der Waals surface area contributed by atoms with Crippen LogP contribution in [0.5, 0.6) is 5.75 Å². The first-order valence-corrected chi connectivity index (χ1v) is 11.2. The highest BCUT2D eigenvalue weighted by Gasteiger charge is 2.32. The first kappa shape index (κ1) is 24.6. The van der Waals surface area contributed by atoms with Crippen molar-refractivity contribution in [3.05, 3.63) is 112 Å². The van der Waals surface area contributed by atoms with Gasteiger partial charge in [0.2, 0.25) is 0 Å². The molecule has 0 aliphatic heterocycles. The van der Waals surface area contributed by atoms with Crippen molar-refractivity contribution >= 4 is 23.0 Å². The first-order valence-electron chi connectivity index (χ1n) is 10.4. The highest BCUT2D eigenvalue weighted by molar-refractivity contribution is 7.16. The minimum atomic E-state index is -4.58. The molecule has 0 radical (unpaired) electrons. The Morgan fingerprint density at radius 3 is 1.74 bits per heavy atom. The normalized spacial score (nSPS) is 11.9. The molecule has 1 nitrogen and oxygen atoms in total.